The second-order valence-electron chi connectivity index (χ2n) is 3.98. The van der Waals surface area contributed by atoms with E-state index in [0.717, 1.165) is 9.35 Å². The van der Waals surface area contributed by atoms with Crippen LogP contribution in [0.5, 0.6) is 0 Å². The summed E-state index contributed by atoms with van der Waals surface area (Å²) in [5, 5.41) is 18.3. The summed E-state index contributed by atoms with van der Waals surface area (Å²) < 4.78 is 0.983. The van der Waals surface area contributed by atoms with Gasteiger partial charge < -0.3 is 15.7 Å². The summed E-state index contributed by atoms with van der Waals surface area (Å²) in [4.78, 5) is 27.3. The zero-order valence-electron chi connectivity index (χ0n) is 10.8. The van der Waals surface area contributed by atoms with Crippen LogP contribution >= 0.6 is 38.6 Å². The number of halogens is 1. The third-order valence-corrected chi connectivity index (χ3v) is 5.33. The summed E-state index contributed by atoms with van der Waals surface area (Å²) in [5.41, 5.74) is 0.0435. The summed E-state index contributed by atoms with van der Waals surface area (Å²) in [6.07, 6.45) is 0.508. The maximum atomic E-state index is 11.6. The number of hydrogen-bond acceptors (Lipinski definition) is 5. The molecule has 6 nitrogen and oxygen atoms in total. The van der Waals surface area contributed by atoms with Crippen molar-refractivity contribution in [3.8, 4) is 0 Å². The number of carboxylic acid groups (broad SMARTS) is 1. The molecule has 2 aromatic rings. The van der Waals surface area contributed by atoms with Gasteiger partial charge in [0.1, 0.15) is 0 Å². The third-order valence-electron chi connectivity index (χ3n) is 2.50. The van der Waals surface area contributed by atoms with Gasteiger partial charge in [-0.3, -0.25) is 0 Å². The van der Waals surface area contributed by atoms with E-state index in [1.807, 2.05) is 11.4 Å². The smallest absolute Gasteiger partial charge is 0.355 e. The van der Waals surface area contributed by atoms with Gasteiger partial charge in [-0.25, -0.2) is 14.6 Å². The van der Waals surface area contributed by atoms with Gasteiger partial charge in [-0.05, 0) is 27.4 Å². The minimum atomic E-state index is -1.04. The number of carboxylic acids is 1. The van der Waals surface area contributed by atoms with Gasteiger partial charge in [-0.1, -0.05) is 0 Å². The predicted molar refractivity (Wildman–Crippen MR) is 85.0 cm³/mol. The molecule has 2 heterocycles. The molecule has 0 fully saturated rings. The van der Waals surface area contributed by atoms with Crippen LogP contribution in [0, 0.1) is 0 Å². The Kier molecular flexibility index (Phi) is 5.71. The Morgan fingerprint density at radius 2 is 2.14 bits per heavy atom. The number of urea groups is 1. The van der Waals surface area contributed by atoms with E-state index in [2.05, 4.69) is 31.5 Å². The molecule has 21 heavy (non-hydrogen) atoms. The van der Waals surface area contributed by atoms with Crippen molar-refractivity contribution in [2.45, 2.75) is 13.0 Å². The number of nitrogens with zero attached hydrogens (tertiary/aromatic N) is 1. The van der Waals surface area contributed by atoms with Crippen molar-refractivity contribution in [3.63, 3.8) is 0 Å². The lowest BCUT2D eigenvalue weighted by Gasteiger charge is -2.06. The van der Waals surface area contributed by atoms with Gasteiger partial charge in [0, 0.05) is 27.7 Å². The Bertz CT molecular complexity index is 641. The lowest BCUT2D eigenvalue weighted by molar-refractivity contribution is 0.0691. The molecule has 0 aliphatic carbocycles. The second-order valence-corrected chi connectivity index (χ2v) is 6.78. The lowest BCUT2D eigenvalue weighted by Crippen LogP contribution is -2.36. The lowest BCUT2D eigenvalue weighted by atomic mass is 10.4. The highest BCUT2D eigenvalue weighted by atomic mass is 79.9. The molecule has 0 aliphatic heterocycles. The molecule has 0 bridgehead atoms. The number of aromatic nitrogens is 1. The van der Waals surface area contributed by atoms with Crippen LogP contribution in [0.2, 0.25) is 0 Å². The molecule has 0 saturated heterocycles. The maximum Gasteiger partial charge on any atom is 0.355 e. The molecule has 0 saturated carbocycles. The highest BCUT2D eigenvalue weighted by Gasteiger charge is 2.09. The van der Waals surface area contributed by atoms with Crippen LogP contribution in [0.1, 0.15) is 20.4 Å². The Balaban J connectivity index is 1.69. The molecular weight excluding hydrogens is 378 g/mol. The molecule has 0 unspecified atom stereocenters. The van der Waals surface area contributed by atoms with Gasteiger partial charge in [0.05, 0.1) is 11.6 Å². The van der Waals surface area contributed by atoms with Crippen molar-refractivity contribution in [1.82, 2.24) is 15.6 Å². The molecule has 0 spiro atoms. The number of amides is 2. The fourth-order valence-corrected chi connectivity index (χ4v) is 3.69. The molecule has 0 aliphatic rings. The van der Waals surface area contributed by atoms with Crippen molar-refractivity contribution < 1.29 is 14.7 Å². The van der Waals surface area contributed by atoms with E-state index < -0.39 is 5.97 Å². The molecular formula is C12H12BrN3O3S2. The van der Waals surface area contributed by atoms with Crippen LogP contribution in [-0.4, -0.2) is 28.6 Å². The zero-order valence-corrected chi connectivity index (χ0v) is 14.0. The number of nitrogens with one attached hydrogen (secondary N) is 2. The van der Waals surface area contributed by atoms with Crippen molar-refractivity contribution >= 4 is 50.6 Å². The fourth-order valence-electron chi connectivity index (χ4n) is 1.48. The van der Waals surface area contributed by atoms with Crippen molar-refractivity contribution in [2.24, 2.45) is 0 Å². The van der Waals surface area contributed by atoms with Crippen molar-refractivity contribution in [2.75, 3.05) is 6.54 Å². The van der Waals surface area contributed by atoms with E-state index in [-0.39, 0.29) is 11.7 Å². The second kappa shape index (κ2) is 7.53. The molecule has 9 heteroatoms. The topological polar surface area (TPSA) is 91.3 Å². The number of hydrogen-bond donors (Lipinski definition) is 3. The van der Waals surface area contributed by atoms with E-state index in [4.69, 9.17) is 5.11 Å². The number of rotatable bonds is 6. The Morgan fingerprint density at radius 1 is 1.33 bits per heavy atom. The van der Waals surface area contributed by atoms with Crippen LogP contribution in [0.25, 0.3) is 0 Å². The molecule has 2 aromatic heterocycles. The molecule has 0 atom stereocenters. The van der Waals surface area contributed by atoms with Crippen LogP contribution < -0.4 is 10.6 Å². The van der Waals surface area contributed by atoms with E-state index in [1.165, 1.54) is 16.7 Å². The number of aromatic carboxylic acids is 1. The fraction of sp³-hybridized carbons (Fsp3) is 0.250. The van der Waals surface area contributed by atoms with Crippen molar-refractivity contribution in [3.05, 3.63) is 36.9 Å². The van der Waals surface area contributed by atoms with E-state index in [1.54, 1.807) is 11.3 Å². The minimum absolute atomic E-state index is 0.0435. The predicted octanol–water partition coefficient (Wildman–Crippen LogP) is 2.71. The molecule has 3 N–H and O–H groups in total. The van der Waals surface area contributed by atoms with Crippen LogP contribution in [0.15, 0.2) is 21.3 Å². The standard InChI is InChI=1S/C12H12BrN3O3S2/c13-7-2-4-20-9(7)5-15-12(19)14-3-1-10-16-8(6-21-10)11(17)18/h2,4,6H,1,3,5H2,(H,17,18)(H2,14,15,19). The third kappa shape index (κ3) is 4.80. The highest BCUT2D eigenvalue weighted by Crippen LogP contribution is 2.21. The first-order valence-electron chi connectivity index (χ1n) is 5.97. The zero-order chi connectivity index (χ0) is 15.2. The van der Waals surface area contributed by atoms with E-state index >= 15 is 0 Å². The molecule has 0 aromatic carbocycles. The van der Waals surface area contributed by atoms with Gasteiger partial charge in [0.2, 0.25) is 0 Å². The summed E-state index contributed by atoms with van der Waals surface area (Å²) in [7, 11) is 0. The quantitative estimate of drug-likeness (QED) is 0.707. The molecule has 112 valence electrons. The monoisotopic (exact) mass is 389 g/mol. The SMILES string of the molecule is O=C(NCCc1nc(C(=O)O)cs1)NCc1sccc1Br. The number of thiophene rings is 1. The van der Waals surface area contributed by atoms with Crippen molar-refractivity contribution in [1.29, 1.82) is 0 Å². The van der Waals surface area contributed by atoms with Crippen LogP contribution in [-0.2, 0) is 13.0 Å². The summed E-state index contributed by atoms with van der Waals surface area (Å²) in [6, 6.07) is 1.67. The Hall–Kier alpha value is -1.45. The average molecular weight is 390 g/mol. The number of carbonyl (C=O) groups is 2. The highest BCUT2D eigenvalue weighted by molar-refractivity contribution is 9.10. The summed E-state index contributed by atoms with van der Waals surface area (Å²) in [5.74, 6) is -1.04. The van der Waals surface area contributed by atoms with Gasteiger partial charge in [-0.15, -0.1) is 22.7 Å². The number of carbonyl (C=O) groups excluding carboxylic acids is 1. The maximum absolute atomic E-state index is 11.6. The van der Waals surface area contributed by atoms with Crippen LogP contribution in [0.4, 0.5) is 4.79 Å². The normalized spacial score (nSPS) is 10.3. The average Bonchev–Trinajstić information content (AvgIpc) is 3.06. The first-order valence-corrected chi connectivity index (χ1v) is 8.52. The Labute approximate surface area is 137 Å². The first kappa shape index (κ1) is 15.9. The minimum Gasteiger partial charge on any atom is -0.476 e. The van der Waals surface area contributed by atoms with Crippen LogP contribution in [0.3, 0.4) is 0 Å². The van der Waals surface area contributed by atoms with Gasteiger partial charge in [0.25, 0.3) is 0 Å². The van der Waals surface area contributed by atoms with E-state index in [0.29, 0.717) is 24.5 Å². The number of thiazole rings is 1. The Morgan fingerprint density at radius 3 is 2.76 bits per heavy atom. The first-order chi connectivity index (χ1) is 10.1. The largest absolute Gasteiger partial charge is 0.476 e. The van der Waals surface area contributed by atoms with Gasteiger partial charge in [-0.2, -0.15) is 0 Å². The molecule has 2 amide bonds. The van der Waals surface area contributed by atoms with Gasteiger partial charge >= 0.3 is 12.0 Å². The van der Waals surface area contributed by atoms with Gasteiger partial charge in [0.15, 0.2) is 5.69 Å². The molecule has 2 rings (SSSR count). The van der Waals surface area contributed by atoms with E-state index in [9.17, 15) is 9.59 Å². The summed E-state index contributed by atoms with van der Waals surface area (Å²) >= 11 is 6.24. The molecule has 0 radical (unpaired) electrons. The summed E-state index contributed by atoms with van der Waals surface area (Å²) in [6.45, 7) is 0.870.